The molecule has 0 unspecified atom stereocenters. The molecule has 0 fully saturated rings. The zero-order valence-corrected chi connectivity index (χ0v) is 21.5. The van der Waals surface area contributed by atoms with Crippen molar-refractivity contribution in [3.05, 3.63) is 117 Å². The molecule has 6 rings (SSSR count). The van der Waals surface area contributed by atoms with E-state index in [2.05, 4.69) is 0 Å². The number of fused-ring (bicyclic) bond motifs is 2. The quantitative estimate of drug-likeness (QED) is 0.315. The van der Waals surface area contributed by atoms with Gasteiger partial charge in [-0.3, -0.25) is 19.2 Å². The van der Waals surface area contributed by atoms with E-state index >= 15 is 0 Å². The van der Waals surface area contributed by atoms with Gasteiger partial charge in [0.2, 0.25) is 0 Å². The van der Waals surface area contributed by atoms with E-state index in [0.29, 0.717) is 44.8 Å². The van der Waals surface area contributed by atoms with Crippen LogP contribution in [-0.2, 0) is 0 Å². The largest absolute Gasteiger partial charge is 0.268 e. The van der Waals surface area contributed by atoms with Crippen molar-refractivity contribution in [1.29, 1.82) is 0 Å². The van der Waals surface area contributed by atoms with Gasteiger partial charge in [0.15, 0.2) is 0 Å². The summed E-state index contributed by atoms with van der Waals surface area (Å²) in [5, 5.41) is 0. The van der Waals surface area contributed by atoms with E-state index in [-0.39, 0.29) is 23.6 Å². The highest BCUT2D eigenvalue weighted by molar-refractivity contribution is 6.36. The summed E-state index contributed by atoms with van der Waals surface area (Å²) in [6.45, 7) is 7.51. The summed E-state index contributed by atoms with van der Waals surface area (Å²) >= 11 is 0. The molecule has 0 radical (unpaired) electrons. The Morgan fingerprint density at radius 1 is 0.421 bits per heavy atom. The third-order valence-electron chi connectivity index (χ3n) is 7.43. The molecule has 0 N–H and O–H groups in total. The topological polar surface area (TPSA) is 74.8 Å². The fourth-order valence-electron chi connectivity index (χ4n) is 5.56. The second kappa shape index (κ2) is 8.35. The zero-order chi connectivity index (χ0) is 26.9. The fraction of sp³-hybridized carbons (Fsp3) is 0.125. The number of hydrogen-bond donors (Lipinski definition) is 0. The highest BCUT2D eigenvalue weighted by Gasteiger charge is 2.40. The van der Waals surface area contributed by atoms with Gasteiger partial charge in [-0.2, -0.15) is 0 Å². The molecule has 0 aromatic heterocycles. The number of rotatable bonds is 3. The van der Waals surface area contributed by atoms with Crippen molar-refractivity contribution in [2.75, 3.05) is 9.80 Å². The summed E-state index contributed by atoms with van der Waals surface area (Å²) in [5.41, 5.74) is 7.26. The fourth-order valence-corrected chi connectivity index (χ4v) is 5.56. The minimum atomic E-state index is -0.377. The Morgan fingerprint density at radius 3 is 1.08 bits per heavy atom. The van der Waals surface area contributed by atoms with Crippen LogP contribution in [-0.4, -0.2) is 23.6 Å². The first-order valence-corrected chi connectivity index (χ1v) is 12.4. The van der Waals surface area contributed by atoms with Gasteiger partial charge in [0.05, 0.1) is 33.6 Å². The second-order valence-electron chi connectivity index (χ2n) is 9.89. The summed E-state index contributed by atoms with van der Waals surface area (Å²) < 4.78 is 0. The average molecular weight is 501 g/mol. The molecule has 2 aliphatic rings. The third kappa shape index (κ3) is 3.27. The van der Waals surface area contributed by atoms with Crippen LogP contribution in [0, 0.1) is 27.7 Å². The van der Waals surface area contributed by atoms with E-state index in [4.69, 9.17) is 0 Å². The Bertz CT molecular complexity index is 1580. The minimum absolute atomic E-state index is 0.315. The van der Waals surface area contributed by atoms with Gasteiger partial charge in [-0.05, 0) is 85.3 Å². The van der Waals surface area contributed by atoms with Crippen molar-refractivity contribution in [3.8, 4) is 11.1 Å². The molecule has 0 saturated carbocycles. The standard InChI is InChI=1S/C32H24N2O4/c1-17-7-5-8-18(2)27(17)33-29(35)23-13-11-21(15-25(23)31(33)37)22-12-14-24-26(16-22)32(38)34(30(24)36)28-19(3)9-6-10-20(28)4/h5-16H,1-4H3. The lowest BCUT2D eigenvalue weighted by molar-refractivity contribution is 0.0910. The number of anilines is 2. The lowest BCUT2D eigenvalue weighted by Gasteiger charge is -2.19. The molecule has 0 atom stereocenters. The van der Waals surface area contributed by atoms with Crippen molar-refractivity contribution in [3.63, 3.8) is 0 Å². The van der Waals surface area contributed by atoms with Crippen LogP contribution in [0.2, 0.25) is 0 Å². The van der Waals surface area contributed by atoms with Crippen molar-refractivity contribution < 1.29 is 19.2 Å². The lowest BCUT2D eigenvalue weighted by atomic mass is 9.97. The maximum atomic E-state index is 13.4. The summed E-state index contributed by atoms with van der Waals surface area (Å²) in [4.78, 5) is 55.8. The smallest absolute Gasteiger partial charge is 0.266 e. The molecule has 2 heterocycles. The maximum Gasteiger partial charge on any atom is 0.266 e. The van der Waals surface area contributed by atoms with Crippen molar-refractivity contribution >= 4 is 35.0 Å². The van der Waals surface area contributed by atoms with Gasteiger partial charge >= 0.3 is 0 Å². The molecule has 0 saturated heterocycles. The number of nitrogens with zero attached hydrogens (tertiary/aromatic N) is 2. The number of carbonyl (C=O) groups excluding carboxylic acids is 4. The van der Waals surface area contributed by atoms with Crippen molar-refractivity contribution in [2.24, 2.45) is 0 Å². The van der Waals surface area contributed by atoms with Gasteiger partial charge in [-0.25, -0.2) is 9.80 Å². The molecule has 2 aliphatic heterocycles. The van der Waals surface area contributed by atoms with Crippen LogP contribution < -0.4 is 9.80 Å². The van der Waals surface area contributed by atoms with E-state index < -0.39 is 0 Å². The first kappa shape index (κ1) is 23.6. The van der Waals surface area contributed by atoms with Gasteiger partial charge < -0.3 is 0 Å². The van der Waals surface area contributed by atoms with Crippen LogP contribution >= 0.6 is 0 Å². The van der Waals surface area contributed by atoms with E-state index in [1.54, 1.807) is 36.4 Å². The second-order valence-corrected chi connectivity index (χ2v) is 9.89. The maximum absolute atomic E-state index is 13.4. The van der Waals surface area contributed by atoms with Crippen LogP contribution in [0.25, 0.3) is 11.1 Å². The Balaban J connectivity index is 1.39. The first-order chi connectivity index (χ1) is 18.2. The number of imide groups is 2. The third-order valence-corrected chi connectivity index (χ3v) is 7.43. The first-order valence-electron chi connectivity index (χ1n) is 12.4. The molecular formula is C32H24N2O4. The lowest BCUT2D eigenvalue weighted by Crippen LogP contribution is -2.30. The number of carbonyl (C=O) groups is 4. The Morgan fingerprint density at radius 2 is 0.737 bits per heavy atom. The number of benzene rings is 4. The van der Waals surface area contributed by atoms with E-state index in [1.165, 1.54) is 9.80 Å². The number of amides is 4. The zero-order valence-electron chi connectivity index (χ0n) is 21.5. The van der Waals surface area contributed by atoms with Crippen molar-refractivity contribution in [2.45, 2.75) is 27.7 Å². The normalized spacial score (nSPS) is 14.4. The molecule has 0 aliphatic carbocycles. The number of hydrogen-bond acceptors (Lipinski definition) is 4. The predicted octanol–water partition coefficient (Wildman–Crippen LogP) is 6.19. The van der Waals surface area contributed by atoms with E-state index in [0.717, 1.165) is 22.3 Å². The Kier molecular flexibility index (Phi) is 5.17. The molecule has 4 aromatic carbocycles. The van der Waals surface area contributed by atoms with Gasteiger partial charge in [0.25, 0.3) is 23.6 Å². The van der Waals surface area contributed by atoms with Gasteiger partial charge in [-0.1, -0.05) is 48.5 Å². The molecule has 38 heavy (non-hydrogen) atoms. The van der Waals surface area contributed by atoms with Gasteiger partial charge in [0.1, 0.15) is 0 Å². The summed E-state index contributed by atoms with van der Waals surface area (Å²) in [6, 6.07) is 21.5. The SMILES string of the molecule is Cc1cccc(C)c1N1C(=O)c2ccc(-c3ccc4c(c3)C(=O)N(c3c(C)cccc3C)C4=O)cc2C1=O. The monoisotopic (exact) mass is 500 g/mol. The van der Waals surface area contributed by atoms with Gasteiger partial charge in [0, 0.05) is 0 Å². The number of para-hydroxylation sites is 2. The van der Waals surface area contributed by atoms with E-state index in [1.807, 2.05) is 64.1 Å². The highest BCUT2D eigenvalue weighted by Crippen LogP contribution is 2.37. The summed E-state index contributed by atoms with van der Waals surface area (Å²) in [5.74, 6) is -1.46. The average Bonchev–Trinajstić information content (AvgIpc) is 3.28. The molecule has 4 aromatic rings. The molecular weight excluding hydrogens is 476 g/mol. The molecule has 0 bridgehead atoms. The molecule has 4 amide bonds. The van der Waals surface area contributed by atoms with Crippen molar-refractivity contribution in [1.82, 2.24) is 0 Å². The summed E-state index contributed by atoms with van der Waals surface area (Å²) in [6.07, 6.45) is 0. The minimum Gasteiger partial charge on any atom is -0.268 e. The van der Waals surface area contributed by atoms with Crippen LogP contribution in [0.5, 0.6) is 0 Å². The number of aryl methyl sites for hydroxylation is 4. The molecule has 6 nitrogen and oxygen atoms in total. The molecule has 0 spiro atoms. The molecule has 6 heteroatoms. The highest BCUT2D eigenvalue weighted by atomic mass is 16.2. The van der Waals surface area contributed by atoms with Crippen LogP contribution in [0.1, 0.15) is 63.7 Å². The summed E-state index contributed by atoms with van der Waals surface area (Å²) in [7, 11) is 0. The van der Waals surface area contributed by atoms with E-state index in [9.17, 15) is 19.2 Å². The van der Waals surface area contributed by atoms with Gasteiger partial charge in [-0.15, -0.1) is 0 Å². The van der Waals surface area contributed by atoms with Crippen LogP contribution in [0.4, 0.5) is 11.4 Å². The van der Waals surface area contributed by atoms with Crippen LogP contribution in [0.3, 0.4) is 0 Å². The predicted molar refractivity (Wildman–Crippen MR) is 146 cm³/mol. The Hall–Kier alpha value is -4.84. The molecule has 186 valence electrons. The Labute approximate surface area is 220 Å². The van der Waals surface area contributed by atoms with Crippen LogP contribution in [0.15, 0.2) is 72.8 Å².